The molecule has 1 fully saturated rings. The number of rotatable bonds is 5. The van der Waals surface area contributed by atoms with Crippen LogP contribution < -0.4 is 16.0 Å². The van der Waals surface area contributed by atoms with Gasteiger partial charge in [0, 0.05) is 33.1 Å². The van der Waals surface area contributed by atoms with Gasteiger partial charge in [-0.05, 0) is 37.0 Å². The van der Waals surface area contributed by atoms with Crippen LogP contribution in [0, 0.1) is 0 Å². The fraction of sp³-hybridized carbons (Fsp3) is 0.391. The predicted molar refractivity (Wildman–Crippen MR) is 117 cm³/mol. The third-order valence-electron chi connectivity index (χ3n) is 5.88. The maximum atomic E-state index is 13.3. The summed E-state index contributed by atoms with van der Waals surface area (Å²) in [6.45, 7) is 0.500. The molecule has 4 rings (SSSR count). The molecule has 32 heavy (non-hydrogen) atoms. The van der Waals surface area contributed by atoms with E-state index in [2.05, 4.69) is 4.98 Å². The van der Waals surface area contributed by atoms with Crippen molar-refractivity contribution in [2.75, 3.05) is 13.7 Å². The van der Waals surface area contributed by atoms with Gasteiger partial charge in [0.1, 0.15) is 23.2 Å². The van der Waals surface area contributed by atoms with E-state index in [1.54, 1.807) is 18.2 Å². The molecule has 3 aromatic rings. The number of methoxy groups -OCH3 is 1. The number of aromatic nitrogens is 3. The number of likely N-dealkylation sites (tertiary alicyclic amines) is 1. The third kappa shape index (κ3) is 4.10. The molecule has 1 aromatic carbocycles. The normalized spacial score (nSPS) is 16.2. The smallest absolute Gasteiger partial charge is 0.331 e. The number of carbonyl (C=O) groups excluding carboxylic acids is 1. The van der Waals surface area contributed by atoms with Crippen LogP contribution in [0.3, 0.4) is 0 Å². The van der Waals surface area contributed by atoms with Gasteiger partial charge in [0.05, 0.1) is 13.3 Å². The van der Waals surface area contributed by atoms with Crippen molar-refractivity contribution in [1.82, 2.24) is 19.0 Å². The van der Waals surface area contributed by atoms with E-state index in [1.807, 2.05) is 24.3 Å². The second-order valence-corrected chi connectivity index (χ2v) is 7.97. The highest BCUT2D eigenvalue weighted by Crippen LogP contribution is 2.32. The second-order valence-electron chi connectivity index (χ2n) is 7.97. The van der Waals surface area contributed by atoms with E-state index in [0.29, 0.717) is 31.0 Å². The molecule has 1 atom stereocenters. The topological polar surface area (TPSA) is 99.6 Å². The molecule has 9 nitrogen and oxygen atoms in total. The minimum Gasteiger partial charge on any atom is -0.497 e. The zero-order valence-electron chi connectivity index (χ0n) is 18.4. The summed E-state index contributed by atoms with van der Waals surface area (Å²) >= 11 is 0. The fourth-order valence-corrected chi connectivity index (χ4v) is 4.06. The molecular formula is C23H26N4O5. The van der Waals surface area contributed by atoms with Gasteiger partial charge in [-0.3, -0.25) is 18.7 Å². The van der Waals surface area contributed by atoms with Crippen LogP contribution in [0.5, 0.6) is 5.75 Å². The van der Waals surface area contributed by atoms with Crippen LogP contribution in [-0.4, -0.2) is 38.6 Å². The number of benzene rings is 1. The number of amides is 1. The van der Waals surface area contributed by atoms with Crippen LogP contribution in [0.2, 0.25) is 0 Å². The molecule has 1 aliphatic heterocycles. The number of piperidine rings is 1. The van der Waals surface area contributed by atoms with Crippen molar-refractivity contribution in [2.24, 2.45) is 14.1 Å². The standard InChI is InChI=1S/C23H26N4O5/c1-25-19(13-20(28)26(2)23(25)30)22(29)27-10-5-4-9-18(27)21-24-14-17(32-21)12-15-7-6-8-16(11-15)31-3/h6-8,11,13-14,18H,4-5,9-10,12H2,1-3H3. The van der Waals surface area contributed by atoms with E-state index in [9.17, 15) is 14.4 Å². The summed E-state index contributed by atoms with van der Waals surface area (Å²) in [5.41, 5.74) is 0.0414. The lowest BCUT2D eigenvalue weighted by Crippen LogP contribution is -2.44. The molecule has 0 spiro atoms. The molecule has 168 valence electrons. The Kier molecular flexibility index (Phi) is 5.98. The Bertz CT molecular complexity index is 1260. The molecule has 0 aliphatic carbocycles. The van der Waals surface area contributed by atoms with Crippen LogP contribution in [0.15, 0.2) is 50.5 Å². The monoisotopic (exact) mass is 438 g/mol. The van der Waals surface area contributed by atoms with Gasteiger partial charge in [0.15, 0.2) is 0 Å². The summed E-state index contributed by atoms with van der Waals surface area (Å²) in [6, 6.07) is 8.58. The van der Waals surface area contributed by atoms with Gasteiger partial charge in [-0.1, -0.05) is 12.1 Å². The molecular weight excluding hydrogens is 412 g/mol. The van der Waals surface area contributed by atoms with E-state index in [1.165, 1.54) is 24.7 Å². The lowest BCUT2D eigenvalue weighted by atomic mass is 10.0. The van der Waals surface area contributed by atoms with Crippen LogP contribution >= 0.6 is 0 Å². The van der Waals surface area contributed by atoms with Crippen LogP contribution in [0.25, 0.3) is 0 Å². The SMILES string of the molecule is COc1cccc(Cc2cnc(C3CCCCN3C(=O)c3cc(=O)n(C)c(=O)n3C)o2)c1. The van der Waals surface area contributed by atoms with Crippen molar-refractivity contribution in [3.63, 3.8) is 0 Å². The number of hydrogen-bond donors (Lipinski definition) is 0. The van der Waals surface area contributed by atoms with Crippen molar-refractivity contribution in [1.29, 1.82) is 0 Å². The van der Waals surface area contributed by atoms with Crippen molar-refractivity contribution < 1.29 is 13.9 Å². The van der Waals surface area contributed by atoms with Crippen molar-refractivity contribution >= 4 is 5.91 Å². The second kappa shape index (κ2) is 8.86. The Morgan fingerprint density at radius 2 is 2.00 bits per heavy atom. The van der Waals surface area contributed by atoms with Gasteiger partial charge < -0.3 is 14.1 Å². The maximum Gasteiger partial charge on any atom is 0.331 e. The molecule has 0 bridgehead atoms. The summed E-state index contributed by atoms with van der Waals surface area (Å²) in [5, 5.41) is 0. The lowest BCUT2D eigenvalue weighted by Gasteiger charge is -2.34. The van der Waals surface area contributed by atoms with Crippen molar-refractivity contribution in [2.45, 2.75) is 31.7 Å². The summed E-state index contributed by atoms with van der Waals surface area (Å²) in [4.78, 5) is 43.8. The van der Waals surface area contributed by atoms with Gasteiger partial charge in [0.2, 0.25) is 5.89 Å². The first-order valence-corrected chi connectivity index (χ1v) is 10.5. The number of hydrogen-bond acceptors (Lipinski definition) is 6. The summed E-state index contributed by atoms with van der Waals surface area (Å²) in [6.07, 6.45) is 4.69. The summed E-state index contributed by atoms with van der Waals surface area (Å²) in [5.74, 6) is 1.54. The van der Waals surface area contributed by atoms with E-state index >= 15 is 0 Å². The van der Waals surface area contributed by atoms with E-state index in [-0.39, 0.29) is 17.6 Å². The van der Waals surface area contributed by atoms with Gasteiger partial charge in [-0.15, -0.1) is 0 Å². The third-order valence-corrected chi connectivity index (χ3v) is 5.88. The molecule has 1 amide bonds. The molecule has 0 N–H and O–H groups in total. The summed E-state index contributed by atoms with van der Waals surface area (Å²) < 4.78 is 13.5. The quantitative estimate of drug-likeness (QED) is 0.604. The first-order valence-electron chi connectivity index (χ1n) is 10.5. The van der Waals surface area contributed by atoms with Crippen LogP contribution in [0.1, 0.15) is 53.0 Å². The minimum atomic E-state index is -0.536. The van der Waals surface area contributed by atoms with Gasteiger partial charge in [-0.2, -0.15) is 0 Å². The molecule has 0 saturated carbocycles. The van der Waals surface area contributed by atoms with Crippen LogP contribution in [0.4, 0.5) is 0 Å². The Labute approximate surface area is 184 Å². The van der Waals surface area contributed by atoms with E-state index in [0.717, 1.165) is 28.7 Å². The molecule has 1 aliphatic rings. The highest BCUT2D eigenvalue weighted by Gasteiger charge is 2.33. The molecule has 3 heterocycles. The molecule has 0 radical (unpaired) electrons. The van der Waals surface area contributed by atoms with Gasteiger partial charge in [0.25, 0.3) is 11.5 Å². The Morgan fingerprint density at radius 3 is 2.78 bits per heavy atom. The zero-order chi connectivity index (χ0) is 22.8. The predicted octanol–water partition coefficient (Wildman–Crippen LogP) is 2.04. The highest BCUT2D eigenvalue weighted by molar-refractivity contribution is 5.92. The Morgan fingerprint density at radius 1 is 1.19 bits per heavy atom. The maximum absolute atomic E-state index is 13.3. The largest absolute Gasteiger partial charge is 0.497 e. The number of oxazole rings is 1. The Balaban J connectivity index is 1.60. The van der Waals surface area contributed by atoms with E-state index < -0.39 is 11.2 Å². The van der Waals surface area contributed by atoms with Gasteiger partial charge >= 0.3 is 5.69 Å². The van der Waals surface area contributed by atoms with Crippen molar-refractivity contribution in [3.05, 3.63) is 80.3 Å². The highest BCUT2D eigenvalue weighted by atomic mass is 16.5. The Hall–Kier alpha value is -3.62. The van der Waals surface area contributed by atoms with Crippen molar-refractivity contribution in [3.8, 4) is 5.75 Å². The fourth-order valence-electron chi connectivity index (χ4n) is 4.06. The van der Waals surface area contributed by atoms with E-state index in [4.69, 9.17) is 9.15 Å². The average molecular weight is 438 g/mol. The zero-order valence-corrected chi connectivity index (χ0v) is 18.4. The number of carbonyl (C=O) groups is 1. The van der Waals surface area contributed by atoms with Gasteiger partial charge in [-0.25, -0.2) is 9.78 Å². The minimum absolute atomic E-state index is 0.0631. The molecule has 1 saturated heterocycles. The molecule has 9 heteroatoms. The molecule has 2 aromatic heterocycles. The molecule has 1 unspecified atom stereocenters. The lowest BCUT2D eigenvalue weighted by molar-refractivity contribution is 0.0557. The number of nitrogens with zero attached hydrogens (tertiary/aromatic N) is 4. The number of ether oxygens (including phenoxy) is 1. The summed E-state index contributed by atoms with van der Waals surface area (Å²) in [7, 11) is 4.50. The first kappa shape index (κ1) is 21.6. The van der Waals surface area contributed by atoms with Crippen LogP contribution in [-0.2, 0) is 20.5 Å². The first-order chi connectivity index (χ1) is 15.4. The average Bonchev–Trinajstić information content (AvgIpc) is 3.28.